The van der Waals surface area contributed by atoms with Crippen LogP contribution in [0.4, 0.5) is 0 Å². The van der Waals surface area contributed by atoms with Gasteiger partial charge in [0.1, 0.15) is 0 Å². The molecule has 0 aliphatic carbocycles. The number of hydrogen-bond donors (Lipinski definition) is 0. The van der Waals surface area contributed by atoms with Crippen molar-refractivity contribution in [2.75, 3.05) is 13.6 Å². The maximum absolute atomic E-state index is 2.48. The van der Waals surface area contributed by atoms with Crippen molar-refractivity contribution < 1.29 is 21.5 Å². The highest BCUT2D eigenvalue weighted by Crippen LogP contribution is 2.29. The number of allylic oxidation sites excluding steroid dienone is 2. The van der Waals surface area contributed by atoms with E-state index in [0.717, 1.165) is 13.0 Å². The topological polar surface area (TPSA) is 7.12 Å². The van der Waals surface area contributed by atoms with E-state index in [0.29, 0.717) is 6.04 Å². The Hall–Kier alpha value is -0.190. The summed E-state index contributed by atoms with van der Waals surface area (Å²) in [5.41, 5.74) is 1.47. The number of likely N-dealkylation sites (tertiary alicyclic amines) is 1. The number of aromatic nitrogens is 1. The average Bonchev–Trinajstić information content (AvgIpc) is 2.89. The lowest BCUT2D eigenvalue weighted by Gasteiger charge is -2.18. The molecule has 4 heteroatoms. The standard InChI is InChI=1S/C18H29N2.2BrH/c1-3-4-5-6-7-8-14-20-15-9-11-17(16-20)18-12-10-13-19(18)2;;/h6-7,9,11,15-16,18H,3-5,8,10,12-14H2,1-2H3;2*1H/q+1;;/p-1/t18-;;/m0../s1. The lowest BCUT2D eigenvalue weighted by atomic mass is 10.1. The monoisotopic (exact) mass is 432 g/mol. The normalized spacial score (nSPS) is 18.2. The minimum absolute atomic E-state index is 0. The Morgan fingerprint density at radius 2 is 2.09 bits per heavy atom. The number of rotatable bonds is 7. The maximum atomic E-state index is 2.48. The van der Waals surface area contributed by atoms with E-state index >= 15 is 0 Å². The smallest absolute Gasteiger partial charge is 0.173 e. The summed E-state index contributed by atoms with van der Waals surface area (Å²) < 4.78 is 2.34. The molecule has 2 nitrogen and oxygen atoms in total. The van der Waals surface area contributed by atoms with Crippen molar-refractivity contribution in [1.82, 2.24) is 4.90 Å². The van der Waals surface area contributed by atoms with Crippen LogP contribution in [0.25, 0.3) is 0 Å². The highest BCUT2D eigenvalue weighted by Gasteiger charge is 2.24. The molecule has 0 amide bonds. The maximum Gasteiger partial charge on any atom is 0.173 e. The van der Waals surface area contributed by atoms with Gasteiger partial charge in [-0.2, -0.15) is 0 Å². The average molecular weight is 434 g/mol. The molecule has 1 atom stereocenters. The number of halogens is 2. The van der Waals surface area contributed by atoms with Gasteiger partial charge in [-0.1, -0.05) is 31.9 Å². The molecule has 0 saturated carbocycles. The Balaban J connectivity index is 0.00000220. The zero-order valence-corrected chi connectivity index (χ0v) is 17.2. The minimum Gasteiger partial charge on any atom is -1.00 e. The van der Waals surface area contributed by atoms with E-state index < -0.39 is 0 Å². The van der Waals surface area contributed by atoms with Crippen LogP contribution < -0.4 is 21.5 Å². The Bertz CT molecular complexity index is 435. The highest BCUT2D eigenvalue weighted by atomic mass is 79.9. The zero-order chi connectivity index (χ0) is 14.2. The zero-order valence-electron chi connectivity index (χ0n) is 13.9. The van der Waals surface area contributed by atoms with Crippen LogP contribution in [0.15, 0.2) is 36.7 Å². The summed E-state index contributed by atoms with van der Waals surface area (Å²) in [6, 6.07) is 5.10. The Morgan fingerprint density at radius 3 is 2.77 bits per heavy atom. The molecule has 126 valence electrons. The second kappa shape index (κ2) is 12.3. The Kier molecular flexibility index (Phi) is 12.2. The molecule has 0 bridgehead atoms. The van der Waals surface area contributed by atoms with Gasteiger partial charge >= 0.3 is 0 Å². The first-order valence-electron chi connectivity index (χ1n) is 8.15. The third-order valence-corrected chi connectivity index (χ3v) is 4.23. The lowest BCUT2D eigenvalue weighted by molar-refractivity contribution is -0.696. The molecule has 1 saturated heterocycles. The van der Waals surface area contributed by atoms with Crippen molar-refractivity contribution in [3.8, 4) is 0 Å². The molecule has 22 heavy (non-hydrogen) atoms. The number of nitrogens with zero attached hydrogens (tertiary/aromatic N) is 2. The van der Waals surface area contributed by atoms with E-state index in [1.54, 1.807) is 0 Å². The van der Waals surface area contributed by atoms with Crippen LogP contribution >= 0.6 is 17.0 Å². The molecule has 2 heterocycles. The second-order valence-corrected chi connectivity index (χ2v) is 5.92. The van der Waals surface area contributed by atoms with Gasteiger partial charge in [-0.15, -0.1) is 17.0 Å². The molecule has 1 fully saturated rings. The van der Waals surface area contributed by atoms with Gasteiger partial charge < -0.3 is 17.0 Å². The molecular weight excluding hydrogens is 404 g/mol. The van der Waals surface area contributed by atoms with Crippen LogP contribution in [-0.2, 0) is 6.54 Å². The molecule has 1 aromatic heterocycles. The molecule has 2 rings (SSSR count). The van der Waals surface area contributed by atoms with E-state index in [1.807, 2.05) is 0 Å². The van der Waals surface area contributed by atoms with Crippen molar-refractivity contribution in [3.63, 3.8) is 0 Å². The molecule has 1 aliphatic heterocycles. The largest absolute Gasteiger partial charge is 1.00 e. The van der Waals surface area contributed by atoms with Gasteiger partial charge in [0.25, 0.3) is 0 Å². The van der Waals surface area contributed by atoms with Gasteiger partial charge in [-0.3, -0.25) is 4.90 Å². The molecular formula is C18H30Br2N2. The van der Waals surface area contributed by atoms with Crippen LogP contribution in [0.2, 0.25) is 0 Å². The van der Waals surface area contributed by atoms with E-state index in [9.17, 15) is 0 Å². The van der Waals surface area contributed by atoms with Gasteiger partial charge in [0.15, 0.2) is 18.9 Å². The Morgan fingerprint density at radius 1 is 1.32 bits per heavy atom. The van der Waals surface area contributed by atoms with E-state index in [-0.39, 0.29) is 34.0 Å². The van der Waals surface area contributed by atoms with Gasteiger partial charge in [-0.05, 0) is 38.9 Å². The van der Waals surface area contributed by atoms with Crippen LogP contribution in [0, 0.1) is 0 Å². The first-order chi connectivity index (χ1) is 9.81. The van der Waals surface area contributed by atoms with Crippen molar-refractivity contribution in [1.29, 1.82) is 0 Å². The van der Waals surface area contributed by atoms with Crippen LogP contribution in [0.1, 0.15) is 57.1 Å². The third kappa shape index (κ3) is 6.93. The van der Waals surface area contributed by atoms with E-state index in [2.05, 4.69) is 60.1 Å². The van der Waals surface area contributed by atoms with Crippen LogP contribution in [0.3, 0.4) is 0 Å². The fourth-order valence-corrected chi connectivity index (χ4v) is 2.99. The van der Waals surface area contributed by atoms with Crippen LogP contribution in [-0.4, -0.2) is 18.5 Å². The molecule has 0 aromatic carbocycles. The summed E-state index contributed by atoms with van der Waals surface area (Å²) in [7, 11) is 2.24. The summed E-state index contributed by atoms with van der Waals surface area (Å²) >= 11 is 0. The van der Waals surface area contributed by atoms with Crippen molar-refractivity contribution >= 4 is 17.0 Å². The molecule has 1 aromatic rings. The lowest BCUT2D eigenvalue weighted by Crippen LogP contribution is -3.00. The Labute approximate surface area is 157 Å². The molecule has 0 N–H and O–H groups in total. The van der Waals surface area contributed by atoms with Gasteiger partial charge in [-0.25, -0.2) is 4.57 Å². The highest BCUT2D eigenvalue weighted by molar-refractivity contribution is 8.93. The number of hydrogen-bond acceptors (Lipinski definition) is 1. The number of pyridine rings is 1. The van der Waals surface area contributed by atoms with Crippen LogP contribution in [0.5, 0.6) is 0 Å². The summed E-state index contributed by atoms with van der Waals surface area (Å²) in [6.45, 7) is 4.57. The predicted molar refractivity (Wildman–Crippen MR) is 94.8 cm³/mol. The molecule has 0 radical (unpaired) electrons. The minimum atomic E-state index is 0. The number of aryl methyl sites for hydroxylation is 1. The summed E-state index contributed by atoms with van der Waals surface area (Å²) in [5, 5.41) is 0. The van der Waals surface area contributed by atoms with E-state index in [1.165, 1.54) is 44.2 Å². The second-order valence-electron chi connectivity index (χ2n) is 5.92. The number of unbranched alkanes of at least 4 members (excludes halogenated alkanes) is 2. The quantitative estimate of drug-likeness (QED) is 0.358. The van der Waals surface area contributed by atoms with E-state index in [4.69, 9.17) is 0 Å². The fraction of sp³-hybridized carbons (Fsp3) is 0.611. The fourth-order valence-electron chi connectivity index (χ4n) is 2.99. The van der Waals surface area contributed by atoms with Crippen molar-refractivity contribution in [2.45, 2.75) is 58.0 Å². The summed E-state index contributed by atoms with van der Waals surface area (Å²) in [6.07, 6.45) is 16.8. The first kappa shape index (κ1) is 21.8. The predicted octanol–water partition coefficient (Wildman–Crippen LogP) is 1.46. The van der Waals surface area contributed by atoms with Gasteiger partial charge in [0.2, 0.25) is 0 Å². The first-order valence-corrected chi connectivity index (χ1v) is 8.15. The van der Waals surface area contributed by atoms with Crippen molar-refractivity contribution in [3.05, 3.63) is 42.2 Å². The molecule has 1 aliphatic rings. The van der Waals surface area contributed by atoms with Gasteiger partial charge in [0, 0.05) is 24.1 Å². The van der Waals surface area contributed by atoms with Gasteiger partial charge in [0.05, 0.1) is 0 Å². The third-order valence-electron chi connectivity index (χ3n) is 4.23. The molecule has 0 unspecified atom stereocenters. The summed E-state index contributed by atoms with van der Waals surface area (Å²) in [4.78, 5) is 2.48. The summed E-state index contributed by atoms with van der Waals surface area (Å²) in [5.74, 6) is 0. The van der Waals surface area contributed by atoms with Crippen molar-refractivity contribution in [2.24, 2.45) is 0 Å². The SMILES string of the molecule is Br.CCCCC=CCC[n+]1cccc([C@@H]2CCCN2C)c1.[Br-]. The molecule has 0 spiro atoms.